The summed E-state index contributed by atoms with van der Waals surface area (Å²) in [7, 11) is -2.39. The molecule has 9 heteroatoms. The van der Waals surface area contributed by atoms with Crippen LogP contribution < -0.4 is 10.1 Å². The Balaban J connectivity index is 1.77. The minimum Gasteiger partial charge on any atom is -0.495 e. The van der Waals surface area contributed by atoms with Crippen LogP contribution in [0.15, 0.2) is 45.9 Å². The average molecular weight is 399 g/mol. The Morgan fingerprint density at radius 1 is 1.42 bits per heavy atom. The lowest BCUT2D eigenvalue weighted by Gasteiger charge is -2.23. The average Bonchev–Trinajstić information content (AvgIpc) is 3.31. The molecule has 140 valence electrons. The van der Waals surface area contributed by atoms with Crippen LogP contribution in [0.3, 0.4) is 0 Å². The molecule has 1 saturated heterocycles. The fourth-order valence-corrected chi connectivity index (χ4v) is 4.94. The summed E-state index contributed by atoms with van der Waals surface area (Å²) in [5, 5.41) is 2.93. The van der Waals surface area contributed by atoms with Crippen LogP contribution >= 0.6 is 11.6 Å². The third-order valence-corrected chi connectivity index (χ3v) is 6.45. The van der Waals surface area contributed by atoms with Crippen molar-refractivity contribution in [1.82, 2.24) is 9.62 Å². The number of carbonyl (C=O) groups excluding carboxylic acids is 1. The lowest BCUT2D eigenvalue weighted by molar-refractivity contribution is -0.124. The highest BCUT2D eigenvalue weighted by atomic mass is 35.5. The summed E-state index contributed by atoms with van der Waals surface area (Å²) in [6.07, 6.45) is 2.59. The van der Waals surface area contributed by atoms with E-state index in [1.165, 1.54) is 35.9 Å². The van der Waals surface area contributed by atoms with Gasteiger partial charge in [-0.1, -0.05) is 11.6 Å². The summed E-state index contributed by atoms with van der Waals surface area (Å²) >= 11 is 6.05. The molecule has 1 fully saturated rings. The topological polar surface area (TPSA) is 88.9 Å². The number of sulfonamides is 1. The van der Waals surface area contributed by atoms with E-state index in [1.807, 2.05) is 0 Å². The van der Waals surface area contributed by atoms with Gasteiger partial charge in [-0.25, -0.2) is 8.42 Å². The molecule has 26 heavy (non-hydrogen) atoms. The first-order chi connectivity index (χ1) is 12.4. The molecule has 0 bridgehead atoms. The number of nitrogens with one attached hydrogen (secondary N) is 1. The highest BCUT2D eigenvalue weighted by Crippen LogP contribution is 2.31. The summed E-state index contributed by atoms with van der Waals surface area (Å²) in [6.45, 7) is 0.495. The molecule has 0 spiro atoms. The summed E-state index contributed by atoms with van der Waals surface area (Å²) in [6, 6.07) is 6.97. The first kappa shape index (κ1) is 18.8. The van der Waals surface area contributed by atoms with Gasteiger partial charge in [0, 0.05) is 6.54 Å². The first-order valence-corrected chi connectivity index (χ1v) is 9.91. The molecular formula is C17H19ClN2O5S. The SMILES string of the molecule is COc1ccc(S(=O)(=O)N2CCCC2C(=O)NCc2ccco2)cc1Cl. The van der Waals surface area contributed by atoms with E-state index in [0.717, 1.165) is 0 Å². The molecule has 3 rings (SSSR count). The van der Waals surface area contributed by atoms with Crippen molar-refractivity contribution >= 4 is 27.5 Å². The van der Waals surface area contributed by atoms with Gasteiger partial charge in [-0.2, -0.15) is 4.31 Å². The van der Waals surface area contributed by atoms with Gasteiger partial charge >= 0.3 is 0 Å². The van der Waals surface area contributed by atoms with Crippen LogP contribution in [0.25, 0.3) is 0 Å². The summed E-state index contributed by atoms with van der Waals surface area (Å²) in [5.74, 6) is 0.648. The number of methoxy groups -OCH3 is 1. The maximum absolute atomic E-state index is 13.0. The van der Waals surface area contributed by atoms with Crippen LogP contribution in [0.4, 0.5) is 0 Å². The molecule has 1 aromatic heterocycles. The van der Waals surface area contributed by atoms with Gasteiger partial charge in [0.05, 0.1) is 29.8 Å². The number of amides is 1. The first-order valence-electron chi connectivity index (χ1n) is 8.09. The third kappa shape index (κ3) is 3.72. The number of nitrogens with zero attached hydrogens (tertiary/aromatic N) is 1. The molecule has 7 nitrogen and oxygen atoms in total. The lowest BCUT2D eigenvalue weighted by Crippen LogP contribution is -2.45. The van der Waals surface area contributed by atoms with Crippen molar-refractivity contribution in [2.24, 2.45) is 0 Å². The van der Waals surface area contributed by atoms with Crippen molar-refractivity contribution in [3.8, 4) is 5.75 Å². The predicted molar refractivity (Wildman–Crippen MR) is 95.5 cm³/mol. The molecule has 1 amide bonds. The minimum absolute atomic E-state index is 0.0361. The Labute approximate surface area is 156 Å². The Bertz CT molecular complexity index is 883. The molecule has 1 aliphatic rings. The second-order valence-electron chi connectivity index (χ2n) is 5.87. The minimum atomic E-state index is -3.84. The Hall–Kier alpha value is -2.03. The zero-order valence-electron chi connectivity index (χ0n) is 14.1. The number of furan rings is 1. The van der Waals surface area contributed by atoms with Crippen molar-refractivity contribution in [1.29, 1.82) is 0 Å². The Morgan fingerprint density at radius 2 is 2.23 bits per heavy atom. The smallest absolute Gasteiger partial charge is 0.243 e. The Kier molecular flexibility index (Phi) is 5.55. The van der Waals surface area contributed by atoms with Crippen LogP contribution in [-0.2, 0) is 21.4 Å². The largest absolute Gasteiger partial charge is 0.495 e. The number of benzene rings is 1. The van der Waals surface area contributed by atoms with E-state index in [-0.39, 0.29) is 28.9 Å². The maximum Gasteiger partial charge on any atom is 0.243 e. The number of halogens is 1. The fourth-order valence-electron chi connectivity index (χ4n) is 2.94. The van der Waals surface area contributed by atoms with Crippen LogP contribution in [0, 0.1) is 0 Å². The number of hydrogen-bond donors (Lipinski definition) is 1. The van der Waals surface area contributed by atoms with E-state index in [4.69, 9.17) is 20.8 Å². The summed E-state index contributed by atoms with van der Waals surface area (Å²) in [5.41, 5.74) is 0. The van der Waals surface area contributed by atoms with Gasteiger partial charge in [0.25, 0.3) is 0 Å². The molecule has 0 saturated carbocycles. The van der Waals surface area contributed by atoms with Gasteiger partial charge < -0.3 is 14.5 Å². The van der Waals surface area contributed by atoms with E-state index in [0.29, 0.717) is 24.4 Å². The summed E-state index contributed by atoms with van der Waals surface area (Å²) in [4.78, 5) is 12.5. The van der Waals surface area contributed by atoms with Crippen LogP contribution in [0.5, 0.6) is 5.75 Å². The van der Waals surface area contributed by atoms with Gasteiger partial charge in [0.15, 0.2) is 0 Å². The predicted octanol–water partition coefficient (Wildman–Crippen LogP) is 2.41. The quantitative estimate of drug-likeness (QED) is 0.807. The molecule has 2 aromatic rings. The third-order valence-electron chi connectivity index (χ3n) is 4.25. The van der Waals surface area contributed by atoms with Crippen LogP contribution in [-0.4, -0.2) is 38.3 Å². The van der Waals surface area contributed by atoms with E-state index in [9.17, 15) is 13.2 Å². The monoisotopic (exact) mass is 398 g/mol. The summed E-state index contributed by atoms with van der Waals surface area (Å²) < 4.78 is 37.4. The number of rotatable bonds is 6. The highest BCUT2D eigenvalue weighted by Gasteiger charge is 2.39. The molecule has 1 aliphatic heterocycles. The molecule has 1 atom stereocenters. The molecule has 1 aromatic carbocycles. The van der Waals surface area contributed by atoms with E-state index in [2.05, 4.69) is 5.32 Å². The van der Waals surface area contributed by atoms with Gasteiger partial charge in [-0.15, -0.1) is 0 Å². The van der Waals surface area contributed by atoms with E-state index < -0.39 is 16.1 Å². The highest BCUT2D eigenvalue weighted by molar-refractivity contribution is 7.89. The van der Waals surface area contributed by atoms with E-state index in [1.54, 1.807) is 12.1 Å². The second kappa shape index (κ2) is 7.69. The van der Waals surface area contributed by atoms with Gasteiger partial charge in [-0.05, 0) is 43.2 Å². The van der Waals surface area contributed by atoms with Gasteiger partial charge in [0.2, 0.25) is 15.9 Å². The standard InChI is InChI=1S/C17H19ClN2O5S/c1-24-16-7-6-13(10-14(16)18)26(22,23)20-8-2-5-15(20)17(21)19-11-12-4-3-9-25-12/h3-4,6-7,9-10,15H,2,5,8,11H2,1H3,(H,19,21). The normalized spacial score (nSPS) is 18.0. The Morgan fingerprint density at radius 3 is 2.88 bits per heavy atom. The van der Waals surface area contributed by atoms with Crippen molar-refractivity contribution in [2.45, 2.75) is 30.3 Å². The van der Waals surface area contributed by atoms with E-state index >= 15 is 0 Å². The maximum atomic E-state index is 13.0. The molecule has 1 unspecified atom stereocenters. The van der Waals surface area contributed by atoms with Crippen molar-refractivity contribution < 1.29 is 22.4 Å². The van der Waals surface area contributed by atoms with Gasteiger partial charge in [-0.3, -0.25) is 4.79 Å². The van der Waals surface area contributed by atoms with Crippen molar-refractivity contribution in [3.05, 3.63) is 47.4 Å². The lowest BCUT2D eigenvalue weighted by atomic mass is 10.2. The zero-order chi connectivity index (χ0) is 18.7. The molecule has 1 N–H and O–H groups in total. The molecular weight excluding hydrogens is 380 g/mol. The number of carbonyl (C=O) groups is 1. The van der Waals surface area contributed by atoms with Gasteiger partial charge in [0.1, 0.15) is 17.6 Å². The van der Waals surface area contributed by atoms with Crippen molar-refractivity contribution in [2.75, 3.05) is 13.7 Å². The van der Waals surface area contributed by atoms with Crippen molar-refractivity contribution in [3.63, 3.8) is 0 Å². The molecule has 2 heterocycles. The van der Waals surface area contributed by atoms with Crippen LogP contribution in [0.1, 0.15) is 18.6 Å². The fraction of sp³-hybridized carbons (Fsp3) is 0.353. The van der Waals surface area contributed by atoms with Crippen LogP contribution in [0.2, 0.25) is 5.02 Å². The number of hydrogen-bond acceptors (Lipinski definition) is 5. The second-order valence-corrected chi connectivity index (χ2v) is 8.17. The number of ether oxygens (including phenoxy) is 1. The molecule has 0 radical (unpaired) electrons. The zero-order valence-corrected chi connectivity index (χ0v) is 15.7. The molecule has 0 aliphatic carbocycles.